The molecule has 3 atom stereocenters. The topological polar surface area (TPSA) is 110 Å². The van der Waals surface area contributed by atoms with Gasteiger partial charge in [0, 0.05) is 11.5 Å². The van der Waals surface area contributed by atoms with E-state index in [9.17, 15) is 31.5 Å². The molecule has 3 unspecified atom stereocenters. The third-order valence-electron chi connectivity index (χ3n) is 6.15. The first-order valence-electron chi connectivity index (χ1n) is 9.31. The van der Waals surface area contributed by atoms with Crippen LogP contribution in [-0.4, -0.2) is 30.2 Å². The van der Waals surface area contributed by atoms with Gasteiger partial charge in [-0.15, -0.1) is 11.3 Å². The van der Waals surface area contributed by atoms with Crippen LogP contribution < -0.4 is 4.72 Å². The molecule has 0 spiro atoms. The van der Waals surface area contributed by atoms with Crippen molar-refractivity contribution >= 4 is 27.3 Å². The van der Waals surface area contributed by atoms with Gasteiger partial charge < -0.3 is 9.63 Å². The zero-order valence-corrected chi connectivity index (χ0v) is 18.3. The highest BCUT2D eigenvalue weighted by molar-refractivity contribution is 7.91. The van der Waals surface area contributed by atoms with Crippen molar-refractivity contribution < 1.29 is 36.0 Å². The van der Waals surface area contributed by atoms with Crippen LogP contribution in [0.4, 0.5) is 13.2 Å². The highest BCUT2D eigenvalue weighted by Crippen LogP contribution is 2.63. The molecule has 0 aliphatic heterocycles. The van der Waals surface area contributed by atoms with Gasteiger partial charge in [0.05, 0.1) is 4.88 Å². The third kappa shape index (κ3) is 3.24. The van der Waals surface area contributed by atoms with E-state index in [0.717, 1.165) is 0 Å². The number of nitrogens with one attached hydrogen (secondary N) is 1. The lowest BCUT2D eigenvalue weighted by Gasteiger charge is -2.20. The maximum Gasteiger partial charge on any atom is 0.452 e. The second-order valence-electron chi connectivity index (χ2n) is 7.70. The molecule has 2 N–H and O–H groups in total. The number of sulfonamides is 1. The van der Waals surface area contributed by atoms with E-state index in [4.69, 9.17) is 0 Å². The van der Waals surface area contributed by atoms with Crippen molar-refractivity contribution in [3.63, 3.8) is 0 Å². The van der Waals surface area contributed by atoms with E-state index in [-0.39, 0.29) is 14.8 Å². The first kappa shape index (κ1) is 22.5. The van der Waals surface area contributed by atoms with Gasteiger partial charge in [-0.2, -0.15) is 17.9 Å². The van der Waals surface area contributed by atoms with Gasteiger partial charge in [0.1, 0.15) is 15.4 Å². The Morgan fingerprint density at radius 1 is 1.22 bits per heavy atom. The van der Waals surface area contributed by atoms with E-state index in [0.29, 0.717) is 23.0 Å². The zero-order valence-electron chi connectivity index (χ0n) is 16.7. The number of carboxylic acids is 1. The van der Waals surface area contributed by atoms with E-state index in [2.05, 4.69) is 14.4 Å². The molecule has 0 saturated heterocycles. The summed E-state index contributed by atoms with van der Waals surface area (Å²) >= 11 is 0.661. The normalized spacial score (nSPS) is 25.6. The summed E-state index contributed by atoms with van der Waals surface area (Å²) in [7, 11) is -4.31. The summed E-state index contributed by atoms with van der Waals surface area (Å²) in [6, 6.07) is 11.9. The highest BCUT2D eigenvalue weighted by atomic mass is 32.2. The molecule has 2 aromatic heterocycles. The standard InChI is InChI=1S/C20H17F3N2O5S2/c1-11-18(2,12-6-4-3-5-7-12)19(11,17(26)27)25-32(28,29)16-9-8-14(31-16)13-10-15(30-24-13)20(21,22)23/h3-11,25H,1-2H3,(H,26,27). The van der Waals surface area contributed by atoms with Gasteiger partial charge in [-0.05, 0) is 23.6 Å². The van der Waals surface area contributed by atoms with E-state index in [1.807, 2.05) is 0 Å². The molecule has 3 aromatic rings. The van der Waals surface area contributed by atoms with Gasteiger partial charge in [-0.25, -0.2) is 8.42 Å². The maximum absolute atomic E-state index is 13.1. The summed E-state index contributed by atoms with van der Waals surface area (Å²) in [6.07, 6.45) is -4.73. The Morgan fingerprint density at radius 3 is 2.44 bits per heavy atom. The minimum atomic E-state index is -4.73. The Morgan fingerprint density at radius 2 is 1.88 bits per heavy atom. The molecule has 7 nitrogen and oxygen atoms in total. The van der Waals surface area contributed by atoms with Crippen LogP contribution in [0.3, 0.4) is 0 Å². The molecular weight excluding hydrogens is 469 g/mol. The molecule has 1 fully saturated rings. The van der Waals surface area contributed by atoms with Crippen LogP contribution in [0.25, 0.3) is 10.6 Å². The second kappa shape index (κ2) is 7.15. The quantitative estimate of drug-likeness (QED) is 0.542. The molecule has 1 aromatic carbocycles. The van der Waals surface area contributed by atoms with Gasteiger partial charge in [-0.1, -0.05) is 49.3 Å². The van der Waals surface area contributed by atoms with E-state index in [1.165, 1.54) is 12.1 Å². The number of nitrogens with zero attached hydrogens (tertiary/aromatic N) is 1. The van der Waals surface area contributed by atoms with Crippen LogP contribution >= 0.6 is 11.3 Å². The summed E-state index contributed by atoms with van der Waals surface area (Å²) in [4.78, 5) is 12.4. The molecule has 1 saturated carbocycles. The molecule has 2 heterocycles. The Hall–Kier alpha value is -2.70. The van der Waals surface area contributed by atoms with E-state index >= 15 is 0 Å². The van der Waals surface area contributed by atoms with E-state index in [1.54, 1.807) is 44.2 Å². The fraction of sp³-hybridized carbons (Fsp3) is 0.300. The summed E-state index contributed by atoms with van der Waals surface area (Å²) in [5.41, 5.74) is -2.28. The molecule has 4 rings (SSSR count). The molecule has 32 heavy (non-hydrogen) atoms. The lowest BCUT2D eigenvalue weighted by molar-refractivity contribution is -0.155. The van der Waals surface area contributed by atoms with Crippen LogP contribution in [0.15, 0.2) is 57.3 Å². The lowest BCUT2D eigenvalue weighted by atomic mass is 9.92. The molecule has 1 aliphatic carbocycles. The van der Waals surface area contributed by atoms with Crippen LogP contribution in [0, 0.1) is 5.92 Å². The average Bonchev–Trinajstić information content (AvgIpc) is 3.24. The number of hydrogen-bond acceptors (Lipinski definition) is 6. The predicted molar refractivity (Wildman–Crippen MR) is 108 cm³/mol. The Balaban J connectivity index is 1.66. The third-order valence-corrected chi connectivity index (χ3v) is 9.21. The number of carbonyl (C=O) groups is 1. The number of alkyl halides is 3. The average molecular weight is 486 g/mol. The minimum absolute atomic E-state index is 0.128. The van der Waals surface area contributed by atoms with Crippen LogP contribution in [0.2, 0.25) is 0 Å². The number of aliphatic carboxylic acids is 1. The summed E-state index contributed by atoms with van der Waals surface area (Å²) in [5.74, 6) is -3.18. The van der Waals surface area contributed by atoms with Gasteiger partial charge in [0.15, 0.2) is 0 Å². The number of halogens is 3. The van der Waals surface area contributed by atoms with Crippen molar-refractivity contribution in [2.24, 2.45) is 5.92 Å². The minimum Gasteiger partial charge on any atom is -0.480 e. The molecular formula is C20H17F3N2O5S2. The van der Waals surface area contributed by atoms with Crippen LogP contribution in [-0.2, 0) is 26.4 Å². The fourth-order valence-corrected chi connectivity index (χ4v) is 6.91. The largest absolute Gasteiger partial charge is 0.480 e. The number of hydrogen-bond donors (Lipinski definition) is 2. The van der Waals surface area contributed by atoms with Crippen molar-refractivity contribution in [2.45, 2.75) is 35.2 Å². The van der Waals surface area contributed by atoms with E-state index < -0.39 is 44.8 Å². The second-order valence-corrected chi connectivity index (χ2v) is 10.7. The first-order valence-corrected chi connectivity index (χ1v) is 11.6. The molecule has 12 heteroatoms. The van der Waals surface area contributed by atoms with Gasteiger partial charge in [0.25, 0.3) is 10.0 Å². The lowest BCUT2D eigenvalue weighted by Crippen LogP contribution is -2.48. The summed E-state index contributed by atoms with van der Waals surface area (Å²) < 4.78 is 70.7. The van der Waals surface area contributed by atoms with Crippen molar-refractivity contribution in [1.29, 1.82) is 0 Å². The summed E-state index contributed by atoms with van der Waals surface area (Å²) in [5, 5.41) is 13.3. The Bertz CT molecular complexity index is 1290. The van der Waals surface area contributed by atoms with Crippen LogP contribution in [0.5, 0.6) is 0 Å². The first-order chi connectivity index (χ1) is 14.8. The van der Waals surface area contributed by atoms with Gasteiger partial charge >= 0.3 is 12.1 Å². The smallest absolute Gasteiger partial charge is 0.452 e. The number of thiophene rings is 1. The molecule has 1 aliphatic rings. The zero-order chi connectivity index (χ0) is 23.5. The highest BCUT2D eigenvalue weighted by Gasteiger charge is 2.78. The number of carboxylic acid groups (broad SMARTS) is 1. The van der Waals surface area contributed by atoms with Crippen molar-refractivity contribution in [2.75, 3.05) is 0 Å². The van der Waals surface area contributed by atoms with Crippen molar-refractivity contribution in [3.8, 4) is 10.6 Å². The molecule has 0 radical (unpaired) electrons. The SMILES string of the molecule is CC1C(NS(=O)(=O)c2ccc(-c3cc(C(F)(F)F)on3)s2)(C(=O)O)C1(C)c1ccccc1. The Labute approximate surface area is 184 Å². The molecule has 170 valence electrons. The Kier molecular flexibility index (Phi) is 5.03. The molecule has 0 bridgehead atoms. The van der Waals surface area contributed by atoms with Crippen LogP contribution in [0.1, 0.15) is 25.2 Å². The van der Waals surface area contributed by atoms with Gasteiger partial charge in [0.2, 0.25) is 5.76 Å². The predicted octanol–water partition coefficient (Wildman–Crippen LogP) is 4.13. The fourth-order valence-electron chi connectivity index (χ4n) is 4.14. The maximum atomic E-state index is 13.1. The molecule has 0 amide bonds. The monoisotopic (exact) mass is 486 g/mol. The number of aromatic nitrogens is 1. The summed E-state index contributed by atoms with van der Waals surface area (Å²) in [6.45, 7) is 3.33. The number of benzene rings is 1. The number of rotatable bonds is 6. The van der Waals surface area contributed by atoms with Crippen molar-refractivity contribution in [1.82, 2.24) is 9.88 Å². The van der Waals surface area contributed by atoms with Crippen molar-refractivity contribution in [3.05, 3.63) is 59.9 Å². The van der Waals surface area contributed by atoms with Gasteiger partial charge in [-0.3, -0.25) is 4.79 Å².